The van der Waals surface area contributed by atoms with Crippen molar-refractivity contribution in [2.24, 2.45) is 4.99 Å². The zero-order chi connectivity index (χ0) is 18.2. The second kappa shape index (κ2) is 11.5. The maximum absolute atomic E-state index is 11.8. The normalized spacial score (nSPS) is 14.7. The van der Waals surface area contributed by atoms with Crippen LogP contribution in [-0.2, 0) is 4.79 Å². The van der Waals surface area contributed by atoms with Crippen LogP contribution in [0, 0.1) is 0 Å². The van der Waals surface area contributed by atoms with E-state index in [1.54, 1.807) is 19.0 Å². The van der Waals surface area contributed by atoms with Gasteiger partial charge in [0.05, 0.1) is 10.7 Å². The minimum absolute atomic E-state index is 0. The van der Waals surface area contributed by atoms with E-state index >= 15 is 0 Å². The highest BCUT2D eigenvalue weighted by Gasteiger charge is 2.21. The van der Waals surface area contributed by atoms with Gasteiger partial charge in [-0.3, -0.25) is 4.79 Å². The molecule has 0 atom stereocenters. The summed E-state index contributed by atoms with van der Waals surface area (Å²) >= 11 is 6.31. The lowest BCUT2D eigenvalue weighted by Gasteiger charge is -2.38. The predicted molar refractivity (Wildman–Crippen MR) is 120 cm³/mol. The van der Waals surface area contributed by atoms with Gasteiger partial charge in [-0.2, -0.15) is 0 Å². The molecule has 0 aromatic heterocycles. The third kappa shape index (κ3) is 6.50. The molecule has 0 bridgehead atoms. The van der Waals surface area contributed by atoms with E-state index in [0.29, 0.717) is 0 Å². The summed E-state index contributed by atoms with van der Waals surface area (Å²) < 4.78 is 0. The van der Waals surface area contributed by atoms with Crippen molar-refractivity contribution in [1.29, 1.82) is 0 Å². The third-order valence-corrected chi connectivity index (χ3v) is 4.49. The Labute approximate surface area is 178 Å². The molecule has 6 nitrogen and oxygen atoms in total. The Morgan fingerprint density at radius 1 is 1.23 bits per heavy atom. The van der Waals surface area contributed by atoms with Crippen molar-refractivity contribution in [3.05, 3.63) is 29.3 Å². The number of amides is 1. The Morgan fingerprint density at radius 2 is 1.88 bits per heavy atom. The van der Waals surface area contributed by atoms with Crippen LogP contribution < -0.4 is 10.2 Å². The Morgan fingerprint density at radius 3 is 2.46 bits per heavy atom. The molecule has 1 aromatic rings. The van der Waals surface area contributed by atoms with Crippen LogP contribution in [0.2, 0.25) is 5.02 Å². The van der Waals surface area contributed by atoms with Crippen LogP contribution in [0.3, 0.4) is 0 Å². The Bertz CT molecular complexity index is 603. The first kappa shape index (κ1) is 22.8. The van der Waals surface area contributed by atoms with E-state index < -0.39 is 0 Å². The summed E-state index contributed by atoms with van der Waals surface area (Å²) in [5, 5.41) is 4.14. The number of aliphatic imine (C=N–C) groups is 1. The van der Waals surface area contributed by atoms with Crippen LogP contribution in [0.15, 0.2) is 29.3 Å². The molecule has 2 rings (SSSR count). The number of nitrogens with zero attached hydrogens (tertiary/aromatic N) is 4. The first-order chi connectivity index (χ1) is 12.0. The van der Waals surface area contributed by atoms with Gasteiger partial charge in [0.1, 0.15) is 6.54 Å². The number of halogens is 2. The van der Waals surface area contributed by atoms with Crippen molar-refractivity contribution in [3.63, 3.8) is 0 Å². The fourth-order valence-electron chi connectivity index (χ4n) is 2.66. The number of anilines is 1. The molecule has 1 aliphatic heterocycles. The standard InChI is InChI=1S/C18H28ClN5O.HI/c1-4-9-20-18(21-14-17(25)22(2)3)24-12-10-23(11-13-24)16-8-6-5-7-15(16)19;/h5-8H,4,9-14H2,1-3H3,(H,20,21);1H. The zero-order valence-corrected chi connectivity index (χ0v) is 18.8. The molecule has 1 saturated heterocycles. The van der Waals surface area contributed by atoms with Crippen molar-refractivity contribution < 1.29 is 4.79 Å². The molecule has 0 spiro atoms. The number of carbonyl (C=O) groups excluding carboxylic acids is 1. The molecular weight excluding hydrogens is 465 g/mol. The van der Waals surface area contributed by atoms with Crippen LogP contribution in [-0.4, -0.2) is 75.0 Å². The number of nitrogens with one attached hydrogen (secondary N) is 1. The van der Waals surface area contributed by atoms with E-state index in [9.17, 15) is 4.79 Å². The summed E-state index contributed by atoms with van der Waals surface area (Å²) in [6.07, 6.45) is 1.01. The first-order valence-electron chi connectivity index (χ1n) is 8.75. The molecule has 1 fully saturated rings. The number of carbonyl (C=O) groups is 1. The Balaban J connectivity index is 0.00000338. The Kier molecular flexibility index (Phi) is 10.1. The number of hydrogen-bond acceptors (Lipinski definition) is 3. The van der Waals surface area contributed by atoms with Crippen molar-refractivity contribution >= 4 is 53.1 Å². The quantitative estimate of drug-likeness (QED) is 0.389. The van der Waals surface area contributed by atoms with Crippen LogP contribution >= 0.6 is 35.6 Å². The molecule has 1 aromatic carbocycles. The van der Waals surface area contributed by atoms with E-state index in [1.807, 2.05) is 18.2 Å². The molecule has 0 unspecified atom stereocenters. The van der Waals surface area contributed by atoms with Crippen LogP contribution in [0.5, 0.6) is 0 Å². The molecule has 1 N–H and O–H groups in total. The smallest absolute Gasteiger partial charge is 0.243 e. The van der Waals surface area contributed by atoms with Gasteiger partial charge in [0, 0.05) is 46.8 Å². The number of likely N-dealkylation sites (N-methyl/N-ethyl adjacent to an activating group) is 1. The maximum Gasteiger partial charge on any atom is 0.243 e. The van der Waals surface area contributed by atoms with Gasteiger partial charge in [0.2, 0.25) is 5.91 Å². The summed E-state index contributed by atoms with van der Waals surface area (Å²) in [6, 6.07) is 7.93. The largest absolute Gasteiger partial charge is 0.367 e. The SMILES string of the molecule is CCCNC(=NCC(=O)N(C)C)N1CCN(c2ccccc2Cl)CC1.I. The molecule has 8 heteroatoms. The fourth-order valence-corrected chi connectivity index (χ4v) is 2.91. The van der Waals surface area contributed by atoms with E-state index in [2.05, 4.69) is 33.1 Å². The summed E-state index contributed by atoms with van der Waals surface area (Å²) in [5.41, 5.74) is 1.08. The van der Waals surface area contributed by atoms with E-state index in [4.69, 9.17) is 11.6 Å². The number of guanidine groups is 1. The van der Waals surface area contributed by atoms with Gasteiger partial charge >= 0.3 is 0 Å². The molecule has 0 saturated carbocycles. The van der Waals surface area contributed by atoms with Gasteiger partial charge in [-0.25, -0.2) is 4.99 Å². The highest BCUT2D eigenvalue weighted by molar-refractivity contribution is 14.0. The lowest BCUT2D eigenvalue weighted by atomic mass is 10.2. The molecule has 1 heterocycles. The summed E-state index contributed by atoms with van der Waals surface area (Å²) in [4.78, 5) is 22.4. The monoisotopic (exact) mass is 493 g/mol. The van der Waals surface area contributed by atoms with Crippen LogP contribution in [0.25, 0.3) is 0 Å². The Hall–Kier alpha value is -1.22. The number of benzene rings is 1. The summed E-state index contributed by atoms with van der Waals surface area (Å²) in [6.45, 7) is 6.57. The van der Waals surface area contributed by atoms with Crippen molar-refractivity contribution in [2.75, 3.05) is 58.3 Å². The number of para-hydroxylation sites is 1. The third-order valence-electron chi connectivity index (χ3n) is 4.17. The van der Waals surface area contributed by atoms with E-state index in [0.717, 1.165) is 55.8 Å². The number of piperazine rings is 1. The van der Waals surface area contributed by atoms with Crippen molar-refractivity contribution in [3.8, 4) is 0 Å². The average Bonchev–Trinajstić information content (AvgIpc) is 2.62. The van der Waals surface area contributed by atoms with Crippen LogP contribution in [0.4, 0.5) is 5.69 Å². The minimum Gasteiger partial charge on any atom is -0.367 e. The predicted octanol–water partition coefficient (Wildman–Crippen LogP) is 2.52. The highest BCUT2D eigenvalue weighted by Crippen LogP contribution is 2.25. The second-order valence-corrected chi connectivity index (χ2v) is 6.69. The molecule has 1 amide bonds. The first-order valence-corrected chi connectivity index (χ1v) is 9.13. The van der Waals surface area contributed by atoms with Gasteiger partial charge < -0.3 is 20.0 Å². The zero-order valence-electron chi connectivity index (χ0n) is 15.7. The van der Waals surface area contributed by atoms with Gasteiger partial charge in [-0.05, 0) is 18.6 Å². The molecule has 0 radical (unpaired) electrons. The topological polar surface area (TPSA) is 51.2 Å². The fraction of sp³-hybridized carbons (Fsp3) is 0.556. The van der Waals surface area contributed by atoms with Gasteiger partial charge in [-0.1, -0.05) is 30.7 Å². The molecule has 1 aliphatic rings. The lowest BCUT2D eigenvalue weighted by Crippen LogP contribution is -2.53. The number of hydrogen-bond donors (Lipinski definition) is 1. The average molecular weight is 494 g/mol. The second-order valence-electron chi connectivity index (χ2n) is 6.28. The maximum atomic E-state index is 11.8. The number of rotatable bonds is 5. The molecule has 0 aliphatic carbocycles. The van der Waals surface area contributed by atoms with E-state index in [-0.39, 0.29) is 36.4 Å². The summed E-state index contributed by atoms with van der Waals surface area (Å²) in [5.74, 6) is 0.821. The van der Waals surface area contributed by atoms with Crippen LogP contribution in [0.1, 0.15) is 13.3 Å². The highest BCUT2D eigenvalue weighted by atomic mass is 127. The van der Waals surface area contributed by atoms with Crippen molar-refractivity contribution in [1.82, 2.24) is 15.1 Å². The van der Waals surface area contributed by atoms with Crippen molar-refractivity contribution in [2.45, 2.75) is 13.3 Å². The molecule has 146 valence electrons. The minimum atomic E-state index is 0. The summed E-state index contributed by atoms with van der Waals surface area (Å²) in [7, 11) is 3.50. The van der Waals surface area contributed by atoms with Gasteiger partial charge in [-0.15, -0.1) is 24.0 Å². The van der Waals surface area contributed by atoms with Gasteiger partial charge in [0.15, 0.2) is 5.96 Å². The lowest BCUT2D eigenvalue weighted by molar-refractivity contribution is -0.127. The van der Waals surface area contributed by atoms with Gasteiger partial charge in [0.25, 0.3) is 0 Å². The molecule has 26 heavy (non-hydrogen) atoms. The molecular formula is C18H29ClIN5O. The van der Waals surface area contributed by atoms with E-state index in [1.165, 1.54) is 0 Å².